The van der Waals surface area contributed by atoms with Gasteiger partial charge in [0.2, 0.25) is 5.95 Å². The number of nitrogens with zero attached hydrogens (tertiary/aromatic N) is 3. The maximum atomic E-state index is 12.9. The molecular weight excluding hydrogens is 382 g/mol. The fraction of sp³-hybridized carbons (Fsp3) is 0.300. The van der Waals surface area contributed by atoms with Gasteiger partial charge in [-0.1, -0.05) is 18.2 Å². The van der Waals surface area contributed by atoms with Gasteiger partial charge in [-0.25, -0.2) is 4.68 Å². The van der Waals surface area contributed by atoms with Crippen LogP contribution < -0.4 is 19.5 Å². The van der Waals surface area contributed by atoms with Crippen LogP contribution in [-0.4, -0.2) is 35.6 Å². The Labute approximate surface area is 166 Å². The third-order valence-electron chi connectivity index (χ3n) is 4.94. The zero-order valence-electron chi connectivity index (χ0n) is 15.9. The van der Waals surface area contributed by atoms with Gasteiger partial charge in [0.25, 0.3) is 0 Å². The number of hydrogen-bond donors (Lipinski definition) is 1. The molecule has 1 aliphatic rings. The SMILES string of the molecule is COc1ccc(OC)c(C2CC(c3ccccc3OC(F)F)Nc3ncnn32)c1. The predicted octanol–water partition coefficient (Wildman–Crippen LogP) is 4.04. The Morgan fingerprint density at radius 1 is 1.07 bits per heavy atom. The summed E-state index contributed by atoms with van der Waals surface area (Å²) in [5.41, 5.74) is 1.48. The Kier molecular flexibility index (Phi) is 5.20. The summed E-state index contributed by atoms with van der Waals surface area (Å²) in [6.07, 6.45) is 1.97. The molecule has 3 aromatic rings. The molecule has 1 aromatic heterocycles. The minimum absolute atomic E-state index is 0.129. The first-order chi connectivity index (χ1) is 14.1. The van der Waals surface area contributed by atoms with Crippen LogP contribution in [0.4, 0.5) is 14.7 Å². The van der Waals surface area contributed by atoms with Crippen molar-refractivity contribution < 1.29 is 23.0 Å². The van der Waals surface area contributed by atoms with Crippen molar-refractivity contribution in [3.63, 3.8) is 0 Å². The topological polar surface area (TPSA) is 70.4 Å². The first kappa shape index (κ1) is 19.0. The molecule has 9 heteroatoms. The summed E-state index contributed by atoms with van der Waals surface area (Å²) < 4.78 is 43.2. The molecule has 2 heterocycles. The Balaban J connectivity index is 1.77. The van der Waals surface area contributed by atoms with Gasteiger partial charge in [0.15, 0.2) is 0 Å². The van der Waals surface area contributed by atoms with Crippen LogP contribution in [0.1, 0.15) is 29.6 Å². The lowest BCUT2D eigenvalue weighted by molar-refractivity contribution is -0.0506. The molecule has 1 aliphatic heterocycles. The van der Waals surface area contributed by atoms with Gasteiger partial charge >= 0.3 is 6.61 Å². The van der Waals surface area contributed by atoms with E-state index in [4.69, 9.17) is 14.2 Å². The second-order valence-corrected chi connectivity index (χ2v) is 6.50. The molecule has 0 fully saturated rings. The molecule has 29 heavy (non-hydrogen) atoms. The van der Waals surface area contributed by atoms with Crippen molar-refractivity contribution in [1.29, 1.82) is 0 Å². The largest absolute Gasteiger partial charge is 0.497 e. The predicted molar refractivity (Wildman–Crippen MR) is 102 cm³/mol. The highest BCUT2D eigenvalue weighted by atomic mass is 19.3. The fourth-order valence-corrected chi connectivity index (χ4v) is 3.65. The van der Waals surface area contributed by atoms with Gasteiger partial charge in [0, 0.05) is 11.1 Å². The quantitative estimate of drug-likeness (QED) is 0.671. The van der Waals surface area contributed by atoms with E-state index in [1.807, 2.05) is 18.2 Å². The molecule has 2 aromatic carbocycles. The zero-order chi connectivity index (χ0) is 20.4. The molecule has 0 amide bonds. The van der Waals surface area contributed by atoms with E-state index in [-0.39, 0.29) is 17.8 Å². The summed E-state index contributed by atoms with van der Waals surface area (Å²) >= 11 is 0. The van der Waals surface area contributed by atoms with E-state index in [9.17, 15) is 8.78 Å². The summed E-state index contributed by atoms with van der Waals surface area (Å²) in [6, 6.07) is 11.7. The third-order valence-corrected chi connectivity index (χ3v) is 4.94. The van der Waals surface area contributed by atoms with E-state index in [2.05, 4.69) is 15.4 Å². The van der Waals surface area contributed by atoms with Crippen LogP contribution in [0, 0.1) is 0 Å². The molecule has 0 bridgehead atoms. The van der Waals surface area contributed by atoms with Gasteiger partial charge in [-0.05, 0) is 30.7 Å². The van der Waals surface area contributed by atoms with E-state index in [0.29, 0.717) is 29.4 Å². The monoisotopic (exact) mass is 402 g/mol. The number of ether oxygens (including phenoxy) is 3. The molecule has 0 radical (unpaired) electrons. The molecule has 0 saturated carbocycles. The fourth-order valence-electron chi connectivity index (χ4n) is 3.65. The van der Waals surface area contributed by atoms with E-state index < -0.39 is 6.61 Å². The maximum Gasteiger partial charge on any atom is 0.387 e. The zero-order valence-corrected chi connectivity index (χ0v) is 15.9. The minimum atomic E-state index is -2.90. The lowest BCUT2D eigenvalue weighted by Gasteiger charge is -2.33. The number of rotatable bonds is 6. The molecule has 0 saturated heterocycles. The standard InChI is InChI=1S/C20H20F2N4O3/c1-27-12-7-8-17(28-2)14(9-12)16-10-15(25-20-23-11-24-26(16)20)13-5-3-4-6-18(13)29-19(21)22/h3-9,11,15-16,19H,10H2,1-2H3,(H,23,24,25). The van der Waals surface area contributed by atoms with Crippen LogP contribution in [-0.2, 0) is 0 Å². The summed E-state index contributed by atoms with van der Waals surface area (Å²) in [7, 11) is 3.19. The average molecular weight is 402 g/mol. The first-order valence-corrected chi connectivity index (χ1v) is 9.02. The highest BCUT2D eigenvalue weighted by Crippen LogP contribution is 2.43. The van der Waals surface area contributed by atoms with Crippen molar-refractivity contribution in [3.05, 3.63) is 59.9 Å². The molecule has 2 atom stereocenters. The van der Waals surface area contributed by atoms with Crippen LogP contribution in [0.15, 0.2) is 48.8 Å². The lowest BCUT2D eigenvalue weighted by Crippen LogP contribution is -2.28. The van der Waals surface area contributed by atoms with Gasteiger partial charge < -0.3 is 19.5 Å². The van der Waals surface area contributed by atoms with E-state index in [1.165, 1.54) is 12.4 Å². The van der Waals surface area contributed by atoms with Gasteiger partial charge in [-0.2, -0.15) is 18.9 Å². The molecular formula is C20H20F2N4O3. The van der Waals surface area contributed by atoms with Crippen molar-refractivity contribution in [2.75, 3.05) is 19.5 Å². The second kappa shape index (κ2) is 7.94. The van der Waals surface area contributed by atoms with Crippen LogP contribution in [0.2, 0.25) is 0 Å². The van der Waals surface area contributed by atoms with Crippen LogP contribution in [0.25, 0.3) is 0 Å². The Hall–Kier alpha value is -3.36. The molecule has 4 rings (SSSR count). The molecule has 2 unspecified atom stereocenters. The first-order valence-electron chi connectivity index (χ1n) is 9.02. The Morgan fingerprint density at radius 3 is 2.66 bits per heavy atom. The number of para-hydroxylation sites is 1. The number of alkyl halides is 2. The molecule has 0 aliphatic carbocycles. The normalized spacial score (nSPS) is 18.1. The number of nitrogens with one attached hydrogen (secondary N) is 1. The molecule has 0 spiro atoms. The summed E-state index contributed by atoms with van der Waals surface area (Å²) in [5, 5.41) is 7.60. The van der Waals surface area contributed by atoms with Gasteiger partial charge in [0.05, 0.1) is 26.3 Å². The van der Waals surface area contributed by atoms with E-state index >= 15 is 0 Å². The van der Waals surface area contributed by atoms with Crippen LogP contribution >= 0.6 is 0 Å². The van der Waals surface area contributed by atoms with Gasteiger partial charge in [-0.15, -0.1) is 0 Å². The van der Waals surface area contributed by atoms with Crippen molar-refractivity contribution in [2.45, 2.75) is 25.1 Å². The maximum absolute atomic E-state index is 12.9. The summed E-state index contributed by atoms with van der Waals surface area (Å²) in [4.78, 5) is 4.28. The number of fused-ring (bicyclic) bond motifs is 1. The minimum Gasteiger partial charge on any atom is -0.497 e. The smallest absolute Gasteiger partial charge is 0.387 e. The number of benzene rings is 2. The highest BCUT2D eigenvalue weighted by molar-refractivity contribution is 5.48. The lowest BCUT2D eigenvalue weighted by atomic mass is 9.92. The number of hydrogen-bond acceptors (Lipinski definition) is 6. The molecule has 152 valence electrons. The summed E-state index contributed by atoms with van der Waals surface area (Å²) in [6.45, 7) is -2.90. The highest BCUT2D eigenvalue weighted by Gasteiger charge is 2.33. The van der Waals surface area contributed by atoms with Crippen molar-refractivity contribution in [1.82, 2.24) is 14.8 Å². The number of aromatic nitrogens is 3. The third kappa shape index (κ3) is 3.67. The van der Waals surface area contributed by atoms with E-state index in [1.54, 1.807) is 37.1 Å². The van der Waals surface area contributed by atoms with Gasteiger partial charge in [0.1, 0.15) is 23.6 Å². The number of anilines is 1. The van der Waals surface area contributed by atoms with E-state index in [0.717, 1.165) is 5.56 Å². The average Bonchev–Trinajstić information content (AvgIpc) is 3.21. The second-order valence-electron chi connectivity index (χ2n) is 6.50. The van der Waals surface area contributed by atoms with Crippen LogP contribution in [0.5, 0.6) is 17.2 Å². The van der Waals surface area contributed by atoms with Gasteiger partial charge in [-0.3, -0.25) is 0 Å². The van der Waals surface area contributed by atoms with Crippen molar-refractivity contribution >= 4 is 5.95 Å². The number of halogens is 2. The van der Waals surface area contributed by atoms with Crippen molar-refractivity contribution in [2.24, 2.45) is 0 Å². The number of methoxy groups -OCH3 is 2. The Bertz CT molecular complexity index is 995. The molecule has 1 N–H and O–H groups in total. The van der Waals surface area contributed by atoms with Crippen molar-refractivity contribution in [3.8, 4) is 17.2 Å². The van der Waals surface area contributed by atoms with Crippen LogP contribution in [0.3, 0.4) is 0 Å². The Morgan fingerprint density at radius 2 is 1.90 bits per heavy atom. The molecule has 7 nitrogen and oxygen atoms in total. The summed E-state index contributed by atoms with van der Waals surface area (Å²) in [5.74, 6) is 2.02.